The van der Waals surface area contributed by atoms with Crippen LogP contribution >= 0.6 is 0 Å². The van der Waals surface area contributed by atoms with Gasteiger partial charge in [-0.15, -0.1) is 0 Å². The Labute approximate surface area is 161 Å². The number of nitrogens with zero attached hydrogens (tertiary/aromatic N) is 1. The van der Waals surface area contributed by atoms with Gasteiger partial charge in [0.25, 0.3) is 5.91 Å². The van der Waals surface area contributed by atoms with Crippen molar-refractivity contribution in [2.24, 2.45) is 0 Å². The molecule has 0 aliphatic carbocycles. The molecule has 2 aromatic rings. The molecule has 2 aromatic carbocycles. The van der Waals surface area contributed by atoms with Crippen LogP contribution in [0.5, 0.6) is 5.75 Å². The number of carbonyl (C=O) groups excluding carboxylic acids is 1. The number of rotatable bonds is 9. The van der Waals surface area contributed by atoms with Gasteiger partial charge in [-0.1, -0.05) is 18.2 Å². The Hall–Kier alpha value is -2.54. The summed E-state index contributed by atoms with van der Waals surface area (Å²) in [6, 6.07) is 14.4. The predicted octanol–water partition coefficient (Wildman–Crippen LogP) is 2.84. The average Bonchev–Trinajstić information content (AvgIpc) is 2.65. The van der Waals surface area contributed by atoms with Crippen molar-refractivity contribution in [2.75, 3.05) is 30.8 Å². The van der Waals surface area contributed by atoms with Crippen molar-refractivity contribution in [1.82, 2.24) is 5.32 Å². The fraction of sp³-hybridized carbons (Fsp3) is 0.350. The highest BCUT2D eigenvalue weighted by Crippen LogP contribution is 2.19. The van der Waals surface area contributed by atoms with Crippen LogP contribution in [-0.2, 0) is 16.4 Å². The first-order chi connectivity index (χ1) is 12.9. The maximum absolute atomic E-state index is 12.3. The Kier molecular flexibility index (Phi) is 7.24. The zero-order valence-corrected chi connectivity index (χ0v) is 16.8. The van der Waals surface area contributed by atoms with Crippen molar-refractivity contribution < 1.29 is 17.9 Å². The van der Waals surface area contributed by atoms with Crippen molar-refractivity contribution in [1.29, 1.82) is 0 Å². The van der Waals surface area contributed by atoms with E-state index < -0.39 is 10.0 Å². The molecule has 7 heteroatoms. The highest BCUT2D eigenvalue weighted by Gasteiger charge is 2.15. The van der Waals surface area contributed by atoms with Crippen molar-refractivity contribution in [3.8, 4) is 5.75 Å². The van der Waals surface area contributed by atoms with Crippen LogP contribution in [0.3, 0.4) is 0 Å². The van der Waals surface area contributed by atoms with E-state index in [2.05, 4.69) is 5.32 Å². The number of benzene rings is 2. The summed E-state index contributed by atoms with van der Waals surface area (Å²) in [7, 11) is -1.68. The first-order valence-corrected chi connectivity index (χ1v) is 10.7. The summed E-state index contributed by atoms with van der Waals surface area (Å²) in [6.45, 7) is 2.65. The second kappa shape index (κ2) is 9.41. The van der Waals surface area contributed by atoms with Gasteiger partial charge in [0.2, 0.25) is 10.0 Å². The molecule has 2 rings (SSSR count). The van der Waals surface area contributed by atoms with Crippen LogP contribution in [0.25, 0.3) is 0 Å². The number of nitrogens with one attached hydrogen (secondary N) is 1. The number of amides is 1. The van der Waals surface area contributed by atoms with Gasteiger partial charge < -0.3 is 10.1 Å². The Morgan fingerprint density at radius 2 is 1.78 bits per heavy atom. The lowest BCUT2D eigenvalue weighted by Crippen LogP contribution is -2.29. The van der Waals surface area contributed by atoms with Crippen LogP contribution in [0, 0.1) is 0 Å². The monoisotopic (exact) mass is 390 g/mol. The molecule has 0 saturated heterocycles. The van der Waals surface area contributed by atoms with Gasteiger partial charge in [-0.2, -0.15) is 0 Å². The lowest BCUT2D eigenvalue weighted by Gasteiger charge is -2.20. The van der Waals surface area contributed by atoms with Crippen LogP contribution in [0.15, 0.2) is 48.5 Å². The average molecular weight is 391 g/mol. The predicted molar refractivity (Wildman–Crippen MR) is 108 cm³/mol. The highest BCUT2D eigenvalue weighted by molar-refractivity contribution is 7.92. The fourth-order valence-corrected chi connectivity index (χ4v) is 3.85. The molecule has 0 atom stereocenters. The van der Waals surface area contributed by atoms with Crippen molar-refractivity contribution in [3.05, 3.63) is 59.7 Å². The summed E-state index contributed by atoms with van der Waals surface area (Å²) in [5, 5.41) is 2.89. The molecule has 0 unspecified atom stereocenters. The van der Waals surface area contributed by atoms with Crippen LogP contribution in [0.4, 0.5) is 5.69 Å². The molecule has 0 aromatic heterocycles. The highest BCUT2D eigenvalue weighted by atomic mass is 32.2. The first kappa shape index (κ1) is 20.8. The van der Waals surface area contributed by atoms with E-state index >= 15 is 0 Å². The van der Waals surface area contributed by atoms with Crippen LogP contribution in [0.2, 0.25) is 0 Å². The van der Waals surface area contributed by atoms with E-state index in [-0.39, 0.29) is 5.91 Å². The summed E-state index contributed by atoms with van der Waals surface area (Å²) < 4.78 is 30.1. The summed E-state index contributed by atoms with van der Waals surface area (Å²) >= 11 is 0. The molecule has 1 N–H and O–H groups in total. The molecule has 0 heterocycles. The number of methoxy groups -OCH3 is 1. The van der Waals surface area contributed by atoms with Crippen molar-refractivity contribution >= 4 is 21.6 Å². The Bertz CT molecular complexity index is 864. The largest absolute Gasteiger partial charge is 0.496 e. The SMILES string of the molecule is CCN(c1ccc(C(=O)NCCCc2ccccc2OC)cc1)S(C)(=O)=O. The molecule has 0 aliphatic heterocycles. The van der Waals surface area contributed by atoms with Gasteiger partial charge in [0.05, 0.1) is 19.1 Å². The Balaban J connectivity index is 1.89. The summed E-state index contributed by atoms with van der Waals surface area (Å²) in [4.78, 5) is 12.3. The van der Waals surface area contributed by atoms with Crippen LogP contribution in [0.1, 0.15) is 29.3 Å². The third-order valence-corrected chi connectivity index (χ3v) is 5.48. The minimum atomic E-state index is -3.33. The second-order valence-electron chi connectivity index (χ2n) is 6.15. The molecule has 27 heavy (non-hydrogen) atoms. The number of sulfonamides is 1. The normalized spacial score (nSPS) is 11.1. The number of carbonyl (C=O) groups is 1. The zero-order chi connectivity index (χ0) is 19.9. The zero-order valence-electron chi connectivity index (χ0n) is 15.9. The van der Waals surface area contributed by atoms with Gasteiger partial charge in [0.15, 0.2) is 0 Å². The molecular formula is C20H26N2O4S. The maximum atomic E-state index is 12.3. The molecule has 0 fully saturated rings. The smallest absolute Gasteiger partial charge is 0.251 e. The number of para-hydroxylation sites is 1. The van der Waals surface area contributed by atoms with Gasteiger partial charge in [0, 0.05) is 18.7 Å². The summed E-state index contributed by atoms with van der Waals surface area (Å²) in [5.41, 5.74) is 2.16. The molecule has 6 nitrogen and oxygen atoms in total. The van der Waals surface area contributed by atoms with Gasteiger partial charge >= 0.3 is 0 Å². The first-order valence-electron chi connectivity index (χ1n) is 8.84. The van der Waals surface area contributed by atoms with E-state index in [0.717, 1.165) is 24.2 Å². The Morgan fingerprint density at radius 1 is 1.11 bits per heavy atom. The molecular weight excluding hydrogens is 364 g/mol. The molecule has 0 saturated carbocycles. The number of ether oxygens (including phenoxy) is 1. The fourth-order valence-electron chi connectivity index (χ4n) is 2.88. The van der Waals surface area contributed by atoms with E-state index in [1.54, 1.807) is 38.3 Å². The molecule has 0 radical (unpaired) electrons. The molecule has 0 bridgehead atoms. The lowest BCUT2D eigenvalue weighted by molar-refractivity contribution is 0.0953. The minimum Gasteiger partial charge on any atom is -0.496 e. The molecule has 0 spiro atoms. The van der Waals surface area contributed by atoms with E-state index in [4.69, 9.17) is 4.74 Å². The van der Waals surface area contributed by atoms with Gasteiger partial charge in [-0.25, -0.2) is 8.42 Å². The van der Waals surface area contributed by atoms with Gasteiger partial charge in [-0.3, -0.25) is 9.10 Å². The number of aryl methyl sites for hydroxylation is 1. The van der Waals surface area contributed by atoms with Crippen LogP contribution < -0.4 is 14.4 Å². The lowest BCUT2D eigenvalue weighted by atomic mass is 10.1. The van der Waals surface area contributed by atoms with Crippen molar-refractivity contribution in [2.45, 2.75) is 19.8 Å². The maximum Gasteiger partial charge on any atom is 0.251 e. The molecule has 0 aliphatic rings. The quantitative estimate of drug-likeness (QED) is 0.668. The van der Waals surface area contributed by atoms with Crippen molar-refractivity contribution in [3.63, 3.8) is 0 Å². The summed E-state index contributed by atoms with van der Waals surface area (Å²) in [6.07, 6.45) is 2.77. The van der Waals surface area contributed by atoms with Gasteiger partial charge in [-0.05, 0) is 55.7 Å². The standard InChI is InChI=1S/C20H26N2O4S/c1-4-22(27(3,24)25)18-13-11-17(12-14-18)20(23)21-15-7-9-16-8-5-6-10-19(16)26-2/h5-6,8,10-14H,4,7,9,15H2,1-3H3,(H,21,23). The third kappa shape index (κ3) is 5.72. The van der Waals surface area contributed by atoms with E-state index in [1.807, 2.05) is 24.3 Å². The minimum absolute atomic E-state index is 0.177. The van der Waals surface area contributed by atoms with E-state index in [1.165, 1.54) is 10.6 Å². The topological polar surface area (TPSA) is 75.7 Å². The van der Waals surface area contributed by atoms with E-state index in [0.29, 0.717) is 24.3 Å². The summed E-state index contributed by atoms with van der Waals surface area (Å²) in [5.74, 6) is 0.676. The third-order valence-electron chi connectivity index (χ3n) is 4.21. The second-order valence-corrected chi connectivity index (χ2v) is 8.05. The van der Waals surface area contributed by atoms with Gasteiger partial charge in [0.1, 0.15) is 5.75 Å². The number of hydrogen-bond acceptors (Lipinski definition) is 4. The Morgan fingerprint density at radius 3 is 2.37 bits per heavy atom. The molecule has 146 valence electrons. The molecule has 1 amide bonds. The van der Waals surface area contributed by atoms with Crippen LogP contribution in [-0.4, -0.2) is 40.8 Å². The van der Waals surface area contributed by atoms with E-state index in [9.17, 15) is 13.2 Å². The number of anilines is 1. The number of hydrogen-bond donors (Lipinski definition) is 1.